The number of rotatable bonds is 7. The standard InChI is InChI=1S/C20H23N3O5/c1-27-18-4-2-3-5-19(18)28-15-10-20(24)22-13-11-21(12-14-22)16-6-8-17(9-7-16)23(25)26/h2-9H,10-15H2,1H3. The summed E-state index contributed by atoms with van der Waals surface area (Å²) in [5, 5.41) is 10.7. The highest BCUT2D eigenvalue weighted by Gasteiger charge is 2.21. The predicted molar refractivity (Wildman–Crippen MR) is 105 cm³/mol. The molecule has 28 heavy (non-hydrogen) atoms. The van der Waals surface area contributed by atoms with Crippen molar-refractivity contribution in [3.05, 3.63) is 58.6 Å². The van der Waals surface area contributed by atoms with E-state index in [2.05, 4.69) is 4.90 Å². The van der Waals surface area contributed by atoms with E-state index in [9.17, 15) is 14.9 Å². The number of non-ortho nitro benzene ring substituents is 1. The van der Waals surface area contributed by atoms with Crippen LogP contribution >= 0.6 is 0 Å². The van der Waals surface area contributed by atoms with Crippen LogP contribution in [-0.2, 0) is 4.79 Å². The number of nitro groups is 1. The Morgan fingerprint density at radius 2 is 1.68 bits per heavy atom. The highest BCUT2D eigenvalue weighted by Crippen LogP contribution is 2.26. The molecule has 0 atom stereocenters. The number of nitrogens with zero attached hydrogens (tertiary/aromatic N) is 3. The maximum Gasteiger partial charge on any atom is 0.269 e. The second-order valence-corrected chi connectivity index (χ2v) is 6.39. The van der Waals surface area contributed by atoms with E-state index in [1.165, 1.54) is 12.1 Å². The lowest BCUT2D eigenvalue weighted by molar-refractivity contribution is -0.384. The number of hydrogen-bond acceptors (Lipinski definition) is 6. The highest BCUT2D eigenvalue weighted by molar-refractivity contribution is 5.76. The van der Waals surface area contributed by atoms with Crippen LogP contribution < -0.4 is 14.4 Å². The van der Waals surface area contributed by atoms with E-state index in [0.29, 0.717) is 50.7 Å². The molecule has 2 aromatic rings. The van der Waals surface area contributed by atoms with Crippen LogP contribution in [0.1, 0.15) is 6.42 Å². The van der Waals surface area contributed by atoms with Crippen LogP contribution in [0.15, 0.2) is 48.5 Å². The van der Waals surface area contributed by atoms with Crippen LogP contribution in [0, 0.1) is 10.1 Å². The summed E-state index contributed by atoms with van der Waals surface area (Å²) in [6.07, 6.45) is 0.301. The van der Waals surface area contributed by atoms with Crippen molar-refractivity contribution in [3.8, 4) is 11.5 Å². The summed E-state index contributed by atoms with van der Waals surface area (Å²) in [4.78, 5) is 26.7. The molecule has 0 radical (unpaired) electrons. The van der Waals surface area contributed by atoms with Gasteiger partial charge in [-0.3, -0.25) is 14.9 Å². The fourth-order valence-electron chi connectivity index (χ4n) is 3.14. The Bertz CT molecular complexity index is 817. The summed E-state index contributed by atoms with van der Waals surface area (Å²) in [5.74, 6) is 1.32. The molecular weight excluding hydrogens is 362 g/mol. The largest absolute Gasteiger partial charge is 0.493 e. The zero-order valence-electron chi connectivity index (χ0n) is 15.7. The number of hydrogen-bond donors (Lipinski definition) is 0. The molecule has 0 aromatic heterocycles. The molecule has 1 aliphatic heterocycles. The number of nitro benzene ring substituents is 1. The molecule has 148 valence electrons. The van der Waals surface area contributed by atoms with Crippen LogP contribution in [0.5, 0.6) is 11.5 Å². The van der Waals surface area contributed by atoms with E-state index in [1.807, 2.05) is 29.2 Å². The second-order valence-electron chi connectivity index (χ2n) is 6.39. The lowest BCUT2D eigenvalue weighted by Gasteiger charge is -2.36. The van der Waals surface area contributed by atoms with Gasteiger partial charge in [-0.15, -0.1) is 0 Å². The number of carbonyl (C=O) groups excluding carboxylic acids is 1. The van der Waals surface area contributed by atoms with E-state index >= 15 is 0 Å². The molecule has 0 bridgehead atoms. The highest BCUT2D eigenvalue weighted by atomic mass is 16.6. The third-order valence-electron chi connectivity index (χ3n) is 4.70. The van der Waals surface area contributed by atoms with Crippen molar-refractivity contribution < 1.29 is 19.2 Å². The van der Waals surface area contributed by atoms with Crippen molar-refractivity contribution in [1.29, 1.82) is 0 Å². The number of carbonyl (C=O) groups is 1. The van der Waals surface area contributed by atoms with Gasteiger partial charge < -0.3 is 19.3 Å². The van der Waals surface area contributed by atoms with Crippen LogP contribution in [-0.4, -0.2) is 55.6 Å². The van der Waals surface area contributed by atoms with Gasteiger partial charge in [0.25, 0.3) is 5.69 Å². The minimum atomic E-state index is -0.409. The Kier molecular flexibility index (Phi) is 6.31. The van der Waals surface area contributed by atoms with Gasteiger partial charge in [0.15, 0.2) is 11.5 Å². The first-order valence-corrected chi connectivity index (χ1v) is 9.11. The number of piperazine rings is 1. The normalized spacial score (nSPS) is 13.9. The second kappa shape index (κ2) is 9.07. The number of benzene rings is 2. The number of para-hydroxylation sites is 2. The average Bonchev–Trinajstić information content (AvgIpc) is 2.74. The van der Waals surface area contributed by atoms with E-state index in [4.69, 9.17) is 9.47 Å². The number of ether oxygens (including phenoxy) is 2. The molecular formula is C20H23N3O5. The van der Waals surface area contributed by atoms with Crippen LogP contribution in [0.4, 0.5) is 11.4 Å². The zero-order valence-corrected chi connectivity index (χ0v) is 15.7. The predicted octanol–water partition coefficient (Wildman–Crippen LogP) is 2.72. The Balaban J connectivity index is 1.45. The van der Waals surface area contributed by atoms with Crippen molar-refractivity contribution >= 4 is 17.3 Å². The third kappa shape index (κ3) is 4.70. The molecule has 0 saturated carbocycles. The van der Waals surface area contributed by atoms with Crippen molar-refractivity contribution in [2.45, 2.75) is 6.42 Å². The summed E-state index contributed by atoms with van der Waals surface area (Å²) < 4.78 is 10.9. The van der Waals surface area contributed by atoms with Gasteiger partial charge >= 0.3 is 0 Å². The first-order chi connectivity index (χ1) is 13.6. The minimum Gasteiger partial charge on any atom is -0.493 e. The van der Waals surface area contributed by atoms with Crippen LogP contribution in [0.3, 0.4) is 0 Å². The fraction of sp³-hybridized carbons (Fsp3) is 0.350. The summed E-state index contributed by atoms with van der Waals surface area (Å²) in [5.41, 5.74) is 1.00. The topological polar surface area (TPSA) is 85.2 Å². The van der Waals surface area contributed by atoms with Crippen molar-refractivity contribution in [2.24, 2.45) is 0 Å². The number of anilines is 1. The molecule has 1 amide bonds. The molecule has 0 aliphatic carbocycles. The smallest absolute Gasteiger partial charge is 0.269 e. The van der Waals surface area contributed by atoms with Crippen molar-refractivity contribution in [1.82, 2.24) is 4.90 Å². The van der Waals surface area contributed by atoms with Gasteiger partial charge in [-0.2, -0.15) is 0 Å². The average molecular weight is 385 g/mol. The molecule has 1 fully saturated rings. The lowest BCUT2D eigenvalue weighted by Crippen LogP contribution is -2.49. The zero-order chi connectivity index (χ0) is 19.9. The van der Waals surface area contributed by atoms with E-state index in [-0.39, 0.29) is 11.6 Å². The van der Waals surface area contributed by atoms with E-state index in [1.54, 1.807) is 19.2 Å². The van der Waals surface area contributed by atoms with Crippen LogP contribution in [0.2, 0.25) is 0 Å². The monoisotopic (exact) mass is 385 g/mol. The van der Waals surface area contributed by atoms with Crippen molar-refractivity contribution in [2.75, 3.05) is 44.8 Å². The molecule has 1 heterocycles. The molecule has 1 saturated heterocycles. The van der Waals surface area contributed by atoms with Gasteiger partial charge in [0.05, 0.1) is 25.1 Å². The van der Waals surface area contributed by atoms with Gasteiger partial charge in [0.1, 0.15) is 0 Å². The summed E-state index contributed by atoms with van der Waals surface area (Å²) in [7, 11) is 1.58. The molecule has 0 unspecified atom stereocenters. The van der Waals surface area contributed by atoms with Gasteiger partial charge in [0, 0.05) is 44.0 Å². The maximum absolute atomic E-state index is 12.4. The molecule has 0 spiro atoms. The quantitative estimate of drug-likeness (QED) is 0.538. The Hall–Kier alpha value is -3.29. The Morgan fingerprint density at radius 1 is 1.04 bits per heavy atom. The van der Waals surface area contributed by atoms with E-state index < -0.39 is 4.92 Å². The molecule has 0 N–H and O–H groups in total. The summed E-state index contributed by atoms with van der Waals surface area (Å²) in [6.45, 7) is 2.91. The van der Waals surface area contributed by atoms with Gasteiger partial charge in [-0.25, -0.2) is 0 Å². The molecule has 2 aromatic carbocycles. The van der Waals surface area contributed by atoms with Gasteiger partial charge in [-0.1, -0.05) is 12.1 Å². The van der Waals surface area contributed by atoms with Gasteiger partial charge in [0.2, 0.25) is 5.91 Å². The number of methoxy groups -OCH3 is 1. The fourth-order valence-corrected chi connectivity index (χ4v) is 3.14. The van der Waals surface area contributed by atoms with Crippen LogP contribution in [0.25, 0.3) is 0 Å². The van der Waals surface area contributed by atoms with Gasteiger partial charge in [-0.05, 0) is 24.3 Å². The molecule has 8 heteroatoms. The maximum atomic E-state index is 12.4. The minimum absolute atomic E-state index is 0.0539. The summed E-state index contributed by atoms with van der Waals surface area (Å²) >= 11 is 0. The molecule has 8 nitrogen and oxygen atoms in total. The SMILES string of the molecule is COc1ccccc1OCCC(=O)N1CCN(c2ccc([N+](=O)[O-])cc2)CC1. The first kappa shape index (κ1) is 19.5. The first-order valence-electron chi connectivity index (χ1n) is 9.11. The van der Waals surface area contributed by atoms with Crippen molar-refractivity contribution in [3.63, 3.8) is 0 Å². The Morgan fingerprint density at radius 3 is 2.29 bits per heavy atom. The molecule has 1 aliphatic rings. The number of amides is 1. The third-order valence-corrected chi connectivity index (χ3v) is 4.70. The lowest BCUT2D eigenvalue weighted by atomic mass is 10.2. The Labute approximate surface area is 163 Å². The summed E-state index contributed by atoms with van der Waals surface area (Å²) in [6, 6.07) is 13.8. The molecule has 3 rings (SSSR count). The van der Waals surface area contributed by atoms with E-state index in [0.717, 1.165) is 5.69 Å².